The number of methoxy groups -OCH3 is 1. The SMILES string of the molecule is COc1ccc(C[C@H](CC(=O)Cc2ccc(Cl)cc2)c2nnn(CCN)n2)cc1. The maximum absolute atomic E-state index is 12.7. The van der Waals surface area contributed by atoms with E-state index in [1.165, 1.54) is 4.80 Å². The van der Waals surface area contributed by atoms with Gasteiger partial charge in [0.25, 0.3) is 0 Å². The first-order valence-corrected chi connectivity index (χ1v) is 9.82. The number of ether oxygens (including phenoxy) is 1. The summed E-state index contributed by atoms with van der Waals surface area (Å²) in [6, 6.07) is 15.1. The Morgan fingerprint density at radius 2 is 1.83 bits per heavy atom. The van der Waals surface area contributed by atoms with Crippen molar-refractivity contribution in [2.75, 3.05) is 13.7 Å². The molecular formula is C21H24ClN5O2. The van der Waals surface area contributed by atoms with Gasteiger partial charge in [0.1, 0.15) is 11.5 Å². The van der Waals surface area contributed by atoms with Gasteiger partial charge in [0.05, 0.1) is 13.7 Å². The van der Waals surface area contributed by atoms with Crippen molar-refractivity contribution in [1.82, 2.24) is 20.2 Å². The number of hydrogen-bond donors (Lipinski definition) is 1. The molecule has 0 aliphatic heterocycles. The van der Waals surface area contributed by atoms with E-state index in [1.807, 2.05) is 36.4 Å². The van der Waals surface area contributed by atoms with Crippen molar-refractivity contribution in [3.63, 3.8) is 0 Å². The molecule has 2 N–H and O–H groups in total. The summed E-state index contributed by atoms with van der Waals surface area (Å²) in [6.45, 7) is 0.912. The first-order valence-electron chi connectivity index (χ1n) is 9.44. The molecule has 1 atom stereocenters. The molecule has 0 fully saturated rings. The van der Waals surface area contributed by atoms with Gasteiger partial charge in [0.15, 0.2) is 5.82 Å². The molecule has 8 heteroatoms. The first kappa shape index (κ1) is 21.0. The van der Waals surface area contributed by atoms with Crippen LogP contribution in [0.1, 0.15) is 29.3 Å². The van der Waals surface area contributed by atoms with Crippen LogP contribution in [-0.4, -0.2) is 39.6 Å². The van der Waals surface area contributed by atoms with Crippen LogP contribution in [0, 0.1) is 0 Å². The number of aromatic nitrogens is 4. The molecule has 152 valence electrons. The third kappa shape index (κ3) is 6.10. The van der Waals surface area contributed by atoms with Crippen LogP contribution in [0.3, 0.4) is 0 Å². The van der Waals surface area contributed by atoms with Crippen LogP contribution in [-0.2, 0) is 24.2 Å². The number of carbonyl (C=O) groups is 1. The Hall–Kier alpha value is -2.77. The summed E-state index contributed by atoms with van der Waals surface area (Å²) < 4.78 is 5.21. The van der Waals surface area contributed by atoms with E-state index in [2.05, 4.69) is 15.4 Å². The Balaban J connectivity index is 1.75. The fraction of sp³-hybridized carbons (Fsp3) is 0.333. The van der Waals surface area contributed by atoms with Gasteiger partial charge in [-0.05, 0) is 47.0 Å². The van der Waals surface area contributed by atoms with E-state index in [0.717, 1.165) is 16.9 Å². The normalized spacial score (nSPS) is 12.0. The van der Waals surface area contributed by atoms with Gasteiger partial charge in [-0.3, -0.25) is 4.79 Å². The summed E-state index contributed by atoms with van der Waals surface area (Å²) in [5.74, 6) is 1.28. The van der Waals surface area contributed by atoms with Crippen molar-refractivity contribution < 1.29 is 9.53 Å². The molecule has 0 saturated carbocycles. The molecule has 1 heterocycles. The van der Waals surface area contributed by atoms with Gasteiger partial charge in [-0.25, -0.2) is 0 Å². The van der Waals surface area contributed by atoms with E-state index in [9.17, 15) is 4.79 Å². The lowest BCUT2D eigenvalue weighted by atomic mass is 9.91. The van der Waals surface area contributed by atoms with Crippen molar-refractivity contribution in [2.24, 2.45) is 5.73 Å². The predicted molar refractivity (Wildman–Crippen MR) is 111 cm³/mol. The number of rotatable bonds is 10. The third-order valence-corrected chi connectivity index (χ3v) is 4.84. The first-order chi connectivity index (χ1) is 14.1. The number of Topliss-reactive ketones (excluding diaryl/α,β-unsaturated/α-hetero) is 1. The molecule has 0 aliphatic carbocycles. The van der Waals surface area contributed by atoms with E-state index in [0.29, 0.717) is 43.2 Å². The number of carbonyl (C=O) groups excluding carboxylic acids is 1. The zero-order valence-electron chi connectivity index (χ0n) is 16.3. The van der Waals surface area contributed by atoms with Gasteiger partial charge in [0, 0.05) is 30.3 Å². The number of ketones is 1. The maximum Gasteiger partial charge on any atom is 0.178 e. The maximum atomic E-state index is 12.7. The average Bonchev–Trinajstić information content (AvgIpc) is 3.19. The Bertz CT molecular complexity index is 925. The molecule has 3 rings (SSSR count). The van der Waals surface area contributed by atoms with E-state index in [1.54, 1.807) is 19.2 Å². The lowest BCUT2D eigenvalue weighted by Crippen LogP contribution is -2.15. The van der Waals surface area contributed by atoms with E-state index in [-0.39, 0.29) is 11.7 Å². The molecular weight excluding hydrogens is 390 g/mol. The smallest absolute Gasteiger partial charge is 0.178 e. The number of benzene rings is 2. The van der Waals surface area contributed by atoms with Gasteiger partial charge in [-0.2, -0.15) is 4.80 Å². The van der Waals surface area contributed by atoms with Gasteiger partial charge >= 0.3 is 0 Å². The zero-order chi connectivity index (χ0) is 20.6. The summed E-state index contributed by atoms with van der Waals surface area (Å²) in [5.41, 5.74) is 7.58. The second-order valence-corrected chi connectivity index (χ2v) is 7.26. The molecule has 0 bridgehead atoms. The number of tetrazole rings is 1. The van der Waals surface area contributed by atoms with Crippen molar-refractivity contribution in [3.8, 4) is 5.75 Å². The lowest BCUT2D eigenvalue weighted by Gasteiger charge is -2.13. The highest BCUT2D eigenvalue weighted by Crippen LogP contribution is 2.24. The second kappa shape index (κ2) is 10.1. The van der Waals surface area contributed by atoms with E-state index >= 15 is 0 Å². The van der Waals surface area contributed by atoms with Crippen molar-refractivity contribution in [3.05, 3.63) is 70.5 Å². The number of nitrogens with two attached hydrogens (primary N) is 1. The van der Waals surface area contributed by atoms with Crippen LogP contribution in [0.5, 0.6) is 5.75 Å². The zero-order valence-corrected chi connectivity index (χ0v) is 17.0. The van der Waals surface area contributed by atoms with Gasteiger partial charge in [0.2, 0.25) is 0 Å². The van der Waals surface area contributed by atoms with Crippen LogP contribution < -0.4 is 10.5 Å². The molecule has 3 aromatic rings. The highest BCUT2D eigenvalue weighted by Gasteiger charge is 2.22. The summed E-state index contributed by atoms with van der Waals surface area (Å²) in [6.07, 6.45) is 1.29. The molecule has 0 unspecified atom stereocenters. The number of halogens is 1. The van der Waals surface area contributed by atoms with Crippen molar-refractivity contribution >= 4 is 17.4 Å². The quantitative estimate of drug-likeness (QED) is 0.549. The second-order valence-electron chi connectivity index (χ2n) is 6.83. The van der Waals surface area contributed by atoms with E-state index in [4.69, 9.17) is 22.1 Å². The molecule has 2 aromatic carbocycles. The van der Waals surface area contributed by atoms with Crippen molar-refractivity contribution in [1.29, 1.82) is 0 Å². The summed E-state index contributed by atoms with van der Waals surface area (Å²) >= 11 is 5.92. The van der Waals surface area contributed by atoms with Crippen LogP contribution in [0.25, 0.3) is 0 Å². The largest absolute Gasteiger partial charge is 0.497 e. The molecule has 0 aliphatic rings. The van der Waals surface area contributed by atoms with E-state index < -0.39 is 0 Å². The summed E-state index contributed by atoms with van der Waals surface area (Å²) in [4.78, 5) is 14.2. The fourth-order valence-electron chi connectivity index (χ4n) is 3.11. The molecule has 0 saturated heterocycles. The molecule has 29 heavy (non-hydrogen) atoms. The Morgan fingerprint density at radius 1 is 1.14 bits per heavy atom. The fourth-order valence-corrected chi connectivity index (χ4v) is 3.23. The predicted octanol–water partition coefficient (Wildman–Crippen LogP) is 2.82. The Kier molecular flexibility index (Phi) is 7.32. The molecule has 7 nitrogen and oxygen atoms in total. The summed E-state index contributed by atoms with van der Waals surface area (Å²) in [7, 11) is 1.63. The number of nitrogens with zero attached hydrogens (tertiary/aromatic N) is 4. The van der Waals surface area contributed by atoms with Gasteiger partial charge in [-0.15, -0.1) is 10.2 Å². The topological polar surface area (TPSA) is 95.9 Å². The highest BCUT2D eigenvalue weighted by molar-refractivity contribution is 6.30. The highest BCUT2D eigenvalue weighted by atomic mass is 35.5. The minimum atomic E-state index is -0.172. The van der Waals surface area contributed by atoms with Crippen LogP contribution in [0.4, 0.5) is 0 Å². The van der Waals surface area contributed by atoms with Crippen LogP contribution in [0.2, 0.25) is 5.02 Å². The summed E-state index contributed by atoms with van der Waals surface area (Å²) in [5, 5.41) is 13.3. The average molecular weight is 414 g/mol. The minimum absolute atomic E-state index is 0.112. The lowest BCUT2D eigenvalue weighted by molar-refractivity contribution is -0.118. The van der Waals surface area contributed by atoms with Gasteiger partial charge < -0.3 is 10.5 Å². The number of hydrogen-bond acceptors (Lipinski definition) is 6. The minimum Gasteiger partial charge on any atom is -0.497 e. The van der Waals surface area contributed by atoms with Crippen LogP contribution >= 0.6 is 11.6 Å². The van der Waals surface area contributed by atoms with Crippen molar-refractivity contribution in [2.45, 2.75) is 31.7 Å². The molecule has 0 amide bonds. The monoisotopic (exact) mass is 413 g/mol. The Morgan fingerprint density at radius 3 is 2.48 bits per heavy atom. The Labute approximate surface area is 174 Å². The molecule has 1 aromatic heterocycles. The standard InChI is InChI=1S/C21H24ClN5O2/c1-29-20-8-4-15(5-9-20)12-17(21-24-26-27(25-21)11-10-23)14-19(28)13-16-2-6-18(22)7-3-16/h2-9,17H,10-14,23H2,1H3/t17-/m1/s1. The molecule has 0 radical (unpaired) electrons. The van der Waals surface area contributed by atoms with Gasteiger partial charge in [-0.1, -0.05) is 35.9 Å². The third-order valence-electron chi connectivity index (χ3n) is 4.59. The molecule has 0 spiro atoms. The van der Waals surface area contributed by atoms with Crippen LogP contribution in [0.15, 0.2) is 48.5 Å².